The lowest BCUT2D eigenvalue weighted by atomic mass is 9.81. The summed E-state index contributed by atoms with van der Waals surface area (Å²) in [5.74, 6) is 0. The van der Waals surface area contributed by atoms with Crippen LogP contribution < -0.4 is 4.90 Å². The Kier molecular flexibility index (Phi) is 23.3. The van der Waals surface area contributed by atoms with Crippen molar-refractivity contribution < 1.29 is 4.58 Å². The van der Waals surface area contributed by atoms with Crippen LogP contribution >= 0.6 is 0 Å². The van der Waals surface area contributed by atoms with Crippen molar-refractivity contribution in [3.8, 4) is 0 Å². The molecule has 0 N–H and O–H groups in total. The second-order valence-electron chi connectivity index (χ2n) is 19.8. The first-order valence-electron chi connectivity index (χ1n) is 25.8. The summed E-state index contributed by atoms with van der Waals surface area (Å²) in [6, 6.07) is 18.4. The number of allylic oxidation sites excluding steroid dienone is 4. The lowest BCUT2D eigenvalue weighted by Crippen LogP contribution is -2.28. The predicted molar refractivity (Wildman–Crippen MR) is 263 cm³/mol. The van der Waals surface area contributed by atoms with Crippen molar-refractivity contribution in [2.24, 2.45) is 0 Å². The minimum Gasteiger partial charge on any atom is -0.344 e. The van der Waals surface area contributed by atoms with Crippen molar-refractivity contribution in [3.63, 3.8) is 0 Å². The van der Waals surface area contributed by atoms with E-state index < -0.39 is 0 Å². The fourth-order valence-corrected chi connectivity index (χ4v) is 10.3. The van der Waals surface area contributed by atoms with E-state index in [1.807, 2.05) is 0 Å². The summed E-state index contributed by atoms with van der Waals surface area (Å²) >= 11 is 0. The van der Waals surface area contributed by atoms with Crippen LogP contribution in [0.2, 0.25) is 0 Å². The molecule has 2 aromatic carbocycles. The first kappa shape index (κ1) is 49.0. The monoisotopic (exact) mass is 806 g/mol. The molecule has 0 saturated carbocycles. The van der Waals surface area contributed by atoms with Gasteiger partial charge in [0.2, 0.25) is 5.69 Å². The molecule has 2 aliphatic rings. The molecule has 2 heterocycles. The fraction of sp³-hybridized carbons (Fsp3) is 0.702. The smallest absolute Gasteiger partial charge is 0.209 e. The standard InChI is InChI=1S/C57H93N2/c1-7-9-11-13-15-17-19-21-23-25-27-29-31-33-39-48-58-52-44-37-35-42-50(52)56(3,4)54(58)46-41-47-55-57(5,6)51-43-36-38-45-53(51)59(55)49-40-34-32-30-28-26-24-22-20-18-16-14-12-10-8-2/h35-38,41-47H,7-34,39-40,48-49H2,1-6H3/q+1. The van der Waals surface area contributed by atoms with E-state index in [-0.39, 0.29) is 10.8 Å². The molecular formula is C57H93N2+. The Hall–Kier alpha value is -2.61. The van der Waals surface area contributed by atoms with E-state index in [1.54, 1.807) is 0 Å². The van der Waals surface area contributed by atoms with Gasteiger partial charge in [0, 0.05) is 47.5 Å². The van der Waals surface area contributed by atoms with Gasteiger partial charge in [-0.15, -0.1) is 0 Å². The SMILES string of the molecule is CCCCCCCCCCCCCCCCCN1/C(=C\C=C\C2=[N+](CCCCCCCCCCCCCCCCC)c3ccccc3C2(C)C)C(C)(C)c2ccccc21. The molecule has 0 atom stereocenters. The summed E-state index contributed by atoms with van der Waals surface area (Å²) in [5.41, 5.74) is 8.64. The van der Waals surface area contributed by atoms with Gasteiger partial charge in [-0.1, -0.05) is 244 Å². The molecule has 330 valence electrons. The number of hydrogen-bond acceptors (Lipinski definition) is 1. The van der Waals surface area contributed by atoms with Crippen LogP contribution in [0.25, 0.3) is 0 Å². The van der Waals surface area contributed by atoms with Gasteiger partial charge in [-0.2, -0.15) is 4.58 Å². The Morgan fingerprint density at radius 2 is 0.864 bits per heavy atom. The number of fused-ring (bicyclic) bond motifs is 2. The molecule has 0 fully saturated rings. The Bertz CT molecular complexity index is 1520. The molecule has 0 radical (unpaired) electrons. The molecule has 2 aliphatic heterocycles. The van der Waals surface area contributed by atoms with Crippen LogP contribution in [-0.2, 0) is 10.8 Å². The quantitative estimate of drug-likeness (QED) is 0.0504. The van der Waals surface area contributed by atoms with Crippen molar-refractivity contribution in [1.82, 2.24) is 0 Å². The normalized spacial score (nSPS) is 16.2. The highest BCUT2D eigenvalue weighted by molar-refractivity contribution is 6.03. The van der Waals surface area contributed by atoms with Crippen LogP contribution in [0.3, 0.4) is 0 Å². The first-order valence-corrected chi connectivity index (χ1v) is 25.8. The van der Waals surface area contributed by atoms with E-state index in [9.17, 15) is 0 Å². The fourth-order valence-electron chi connectivity index (χ4n) is 10.3. The predicted octanol–water partition coefficient (Wildman–Crippen LogP) is 18.0. The molecule has 0 spiro atoms. The van der Waals surface area contributed by atoms with Crippen molar-refractivity contribution in [2.75, 3.05) is 18.0 Å². The van der Waals surface area contributed by atoms with Crippen molar-refractivity contribution in [1.29, 1.82) is 0 Å². The number of unbranched alkanes of at least 4 members (excludes halogenated alkanes) is 28. The zero-order valence-electron chi connectivity index (χ0n) is 39.9. The molecule has 0 saturated heterocycles. The highest BCUT2D eigenvalue weighted by Crippen LogP contribution is 2.48. The number of nitrogens with zero attached hydrogens (tertiary/aromatic N) is 2. The second-order valence-corrected chi connectivity index (χ2v) is 19.8. The minimum atomic E-state index is -0.0111. The van der Waals surface area contributed by atoms with E-state index in [2.05, 4.69) is 118 Å². The van der Waals surface area contributed by atoms with E-state index in [1.165, 1.54) is 227 Å². The van der Waals surface area contributed by atoms with Crippen LogP contribution in [0.1, 0.15) is 245 Å². The van der Waals surface area contributed by atoms with Gasteiger partial charge in [-0.25, -0.2) is 0 Å². The lowest BCUT2D eigenvalue weighted by molar-refractivity contribution is -0.438. The maximum Gasteiger partial charge on any atom is 0.209 e. The molecule has 0 bridgehead atoms. The Balaban J connectivity index is 1.26. The van der Waals surface area contributed by atoms with Gasteiger partial charge in [0.05, 0.1) is 5.41 Å². The van der Waals surface area contributed by atoms with E-state index in [0.29, 0.717) is 0 Å². The van der Waals surface area contributed by atoms with E-state index in [0.717, 1.165) is 13.1 Å². The summed E-state index contributed by atoms with van der Waals surface area (Å²) < 4.78 is 2.66. The van der Waals surface area contributed by atoms with Crippen LogP contribution in [-0.4, -0.2) is 23.4 Å². The van der Waals surface area contributed by atoms with Crippen molar-refractivity contribution in [3.05, 3.63) is 83.6 Å². The Morgan fingerprint density at radius 3 is 1.36 bits per heavy atom. The summed E-state index contributed by atoms with van der Waals surface area (Å²) in [6.07, 6.45) is 49.6. The number of para-hydroxylation sites is 2. The molecule has 2 nitrogen and oxygen atoms in total. The summed E-state index contributed by atoms with van der Waals surface area (Å²) in [7, 11) is 0. The number of anilines is 1. The van der Waals surface area contributed by atoms with Gasteiger partial charge in [-0.3, -0.25) is 0 Å². The van der Waals surface area contributed by atoms with Gasteiger partial charge >= 0.3 is 0 Å². The maximum atomic E-state index is 2.66. The van der Waals surface area contributed by atoms with Gasteiger partial charge < -0.3 is 4.90 Å². The summed E-state index contributed by atoms with van der Waals surface area (Å²) in [6.45, 7) is 16.6. The molecular weight excluding hydrogens is 713 g/mol. The number of benzene rings is 2. The first-order chi connectivity index (χ1) is 28.8. The lowest BCUT2D eigenvalue weighted by Gasteiger charge is -2.27. The Labute approximate surface area is 366 Å². The van der Waals surface area contributed by atoms with Crippen molar-refractivity contribution in [2.45, 2.75) is 245 Å². The average molecular weight is 806 g/mol. The highest BCUT2D eigenvalue weighted by atomic mass is 15.2. The molecule has 0 amide bonds. The molecule has 0 aromatic heterocycles. The molecule has 59 heavy (non-hydrogen) atoms. The summed E-state index contributed by atoms with van der Waals surface area (Å²) in [5, 5.41) is 0. The van der Waals surface area contributed by atoms with E-state index >= 15 is 0 Å². The molecule has 0 aliphatic carbocycles. The zero-order valence-corrected chi connectivity index (χ0v) is 39.9. The van der Waals surface area contributed by atoms with Gasteiger partial charge in [0.15, 0.2) is 5.71 Å². The van der Waals surface area contributed by atoms with Crippen LogP contribution in [0.15, 0.2) is 72.5 Å². The molecule has 2 heteroatoms. The molecule has 2 aromatic rings. The number of hydrogen-bond donors (Lipinski definition) is 0. The van der Waals surface area contributed by atoms with E-state index in [4.69, 9.17) is 0 Å². The third-order valence-corrected chi connectivity index (χ3v) is 14.1. The third-order valence-electron chi connectivity index (χ3n) is 14.1. The maximum absolute atomic E-state index is 2.66. The average Bonchev–Trinajstić information content (AvgIpc) is 3.58. The largest absolute Gasteiger partial charge is 0.344 e. The Morgan fingerprint density at radius 1 is 0.458 bits per heavy atom. The van der Waals surface area contributed by atoms with Crippen LogP contribution in [0, 0.1) is 0 Å². The van der Waals surface area contributed by atoms with Crippen molar-refractivity contribution >= 4 is 17.1 Å². The van der Waals surface area contributed by atoms with Gasteiger partial charge in [-0.05, 0) is 44.4 Å². The topological polar surface area (TPSA) is 6.25 Å². The highest BCUT2D eigenvalue weighted by Gasteiger charge is 2.44. The van der Waals surface area contributed by atoms with Crippen LogP contribution in [0.5, 0.6) is 0 Å². The third kappa shape index (κ3) is 16.0. The van der Waals surface area contributed by atoms with Gasteiger partial charge in [0.25, 0.3) is 0 Å². The molecule has 0 unspecified atom stereocenters. The zero-order chi connectivity index (χ0) is 42.0. The van der Waals surface area contributed by atoms with Crippen LogP contribution in [0.4, 0.5) is 11.4 Å². The van der Waals surface area contributed by atoms with Gasteiger partial charge in [0.1, 0.15) is 6.54 Å². The summed E-state index contributed by atoms with van der Waals surface area (Å²) in [4.78, 5) is 2.66. The molecule has 4 rings (SSSR count). The second kappa shape index (κ2) is 28.1. The number of rotatable bonds is 34. The minimum absolute atomic E-state index is 0.0111.